The number of nitro benzene ring substituents is 2. The van der Waals surface area contributed by atoms with Crippen LogP contribution < -0.4 is 5.32 Å². The largest absolute Gasteiger partial charge is 0.377 e. The Morgan fingerprint density at radius 1 is 1.00 bits per heavy atom. The van der Waals surface area contributed by atoms with E-state index >= 15 is 0 Å². The molecular formula is C18H20N4O6S. The van der Waals surface area contributed by atoms with Crippen molar-refractivity contribution in [2.45, 2.75) is 30.7 Å². The summed E-state index contributed by atoms with van der Waals surface area (Å²) in [4.78, 5) is 21.0. The van der Waals surface area contributed by atoms with E-state index in [-0.39, 0.29) is 41.1 Å². The molecule has 0 radical (unpaired) electrons. The standard InChI is InChI=1S/C18H20N4O6S/c1-13-2-5-16(6-3-13)29(27,28)20-10-8-14(9-11-20)19-17-7-4-15(21(23)24)12-18(17)22(25)26/h2-7,12,14,19H,8-11H2,1H3. The minimum Gasteiger partial charge on any atom is -0.377 e. The molecule has 0 aromatic heterocycles. The van der Waals surface area contributed by atoms with Gasteiger partial charge in [-0.2, -0.15) is 4.31 Å². The van der Waals surface area contributed by atoms with Crippen LogP contribution in [-0.2, 0) is 10.0 Å². The fraction of sp³-hybridized carbons (Fsp3) is 0.333. The molecule has 1 aliphatic rings. The highest BCUT2D eigenvalue weighted by Crippen LogP contribution is 2.31. The normalized spacial score (nSPS) is 15.8. The summed E-state index contributed by atoms with van der Waals surface area (Å²) in [5.41, 5.74) is 0.409. The molecular weight excluding hydrogens is 400 g/mol. The molecule has 0 bridgehead atoms. The van der Waals surface area contributed by atoms with Gasteiger partial charge in [-0.25, -0.2) is 8.42 Å². The molecule has 29 heavy (non-hydrogen) atoms. The zero-order valence-corrected chi connectivity index (χ0v) is 16.5. The maximum absolute atomic E-state index is 12.8. The second kappa shape index (κ2) is 8.13. The van der Waals surface area contributed by atoms with Crippen molar-refractivity contribution >= 4 is 27.1 Å². The molecule has 1 N–H and O–H groups in total. The topological polar surface area (TPSA) is 136 Å². The zero-order valence-electron chi connectivity index (χ0n) is 15.6. The van der Waals surface area contributed by atoms with Crippen LogP contribution in [0.1, 0.15) is 18.4 Å². The average Bonchev–Trinajstić information content (AvgIpc) is 2.68. The third kappa shape index (κ3) is 4.51. The van der Waals surface area contributed by atoms with Gasteiger partial charge >= 0.3 is 0 Å². The van der Waals surface area contributed by atoms with Crippen molar-refractivity contribution in [2.24, 2.45) is 0 Å². The molecule has 2 aromatic rings. The molecule has 154 valence electrons. The Kier molecular flexibility index (Phi) is 5.80. The highest BCUT2D eigenvalue weighted by molar-refractivity contribution is 7.89. The fourth-order valence-electron chi connectivity index (χ4n) is 3.23. The predicted octanol–water partition coefficient (Wildman–Crippen LogP) is 3.08. The Morgan fingerprint density at radius 2 is 1.62 bits per heavy atom. The number of piperidine rings is 1. The lowest BCUT2D eigenvalue weighted by Crippen LogP contribution is -2.42. The minimum absolute atomic E-state index is 0.181. The van der Waals surface area contributed by atoms with Crippen molar-refractivity contribution in [2.75, 3.05) is 18.4 Å². The number of anilines is 1. The van der Waals surface area contributed by atoms with E-state index in [2.05, 4.69) is 5.32 Å². The quantitative estimate of drug-likeness (QED) is 0.560. The van der Waals surface area contributed by atoms with E-state index in [1.807, 2.05) is 6.92 Å². The van der Waals surface area contributed by atoms with Crippen molar-refractivity contribution in [3.63, 3.8) is 0 Å². The van der Waals surface area contributed by atoms with Crippen LogP contribution in [-0.4, -0.2) is 41.7 Å². The van der Waals surface area contributed by atoms with Gasteiger partial charge in [0.1, 0.15) is 5.69 Å². The lowest BCUT2D eigenvalue weighted by atomic mass is 10.1. The number of nitrogens with one attached hydrogen (secondary N) is 1. The molecule has 11 heteroatoms. The fourth-order valence-corrected chi connectivity index (χ4v) is 4.70. The monoisotopic (exact) mass is 420 g/mol. The van der Waals surface area contributed by atoms with Crippen molar-refractivity contribution in [1.29, 1.82) is 0 Å². The third-order valence-electron chi connectivity index (χ3n) is 4.86. The number of benzene rings is 2. The lowest BCUT2D eigenvalue weighted by Gasteiger charge is -2.32. The maximum Gasteiger partial charge on any atom is 0.299 e. The molecule has 2 aromatic carbocycles. The predicted molar refractivity (Wildman–Crippen MR) is 106 cm³/mol. The number of non-ortho nitro benzene ring substituents is 1. The molecule has 0 amide bonds. The summed E-state index contributed by atoms with van der Waals surface area (Å²) in [5.74, 6) is 0. The van der Waals surface area contributed by atoms with Gasteiger partial charge in [-0.05, 0) is 38.0 Å². The van der Waals surface area contributed by atoms with Crippen molar-refractivity contribution in [3.05, 3.63) is 68.3 Å². The van der Waals surface area contributed by atoms with Gasteiger partial charge in [-0.1, -0.05) is 17.7 Å². The third-order valence-corrected chi connectivity index (χ3v) is 6.77. The van der Waals surface area contributed by atoms with Gasteiger partial charge in [0.05, 0.1) is 20.8 Å². The summed E-state index contributed by atoms with van der Waals surface area (Å²) < 4.78 is 26.9. The summed E-state index contributed by atoms with van der Waals surface area (Å²) in [6.45, 7) is 2.42. The van der Waals surface area contributed by atoms with Crippen LogP contribution >= 0.6 is 0 Å². The van der Waals surface area contributed by atoms with Gasteiger partial charge in [0.25, 0.3) is 11.4 Å². The first-order valence-electron chi connectivity index (χ1n) is 8.94. The number of nitro groups is 2. The summed E-state index contributed by atoms with van der Waals surface area (Å²) in [5, 5.41) is 25.1. The lowest BCUT2D eigenvalue weighted by molar-refractivity contribution is -0.393. The zero-order chi connectivity index (χ0) is 21.2. The molecule has 3 rings (SSSR count). The average molecular weight is 420 g/mol. The Hall–Kier alpha value is -3.05. The Morgan fingerprint density at radius 3 is 2.17 bits per heavy atom. The highest BCUT2D eigenvalue weighted by Gasteiger charge is 2.30. The van der Waals surface area contributed by atoms with Gasteiger partial charge in [0.15, 0.2) is 0 Å². The number of nitrogens with zero attached hydrogens (tertiary/aromatic N) is 3. The molecule has 0 aliphatic carbocycles. The highest BCUT2D eigenvalue weighted by atomic mass is 32.2. The summed E-state index contributed by atoms with van der Waals surface area (Å²) in [6.07, 6.45) is 0.915. The molecule has 1 fully saturated rings. The van der Waals surface area contributed by atoms with Gasteiger partial charge in [-0.3, -0.25) is 20.2 Å². The molecule has 0 spiro atoms. The molecule has 0 saturated carbocycles. The summed E-state index contributed by atoms with van der Waals surface area (Å²) in [6, 6.07) is 9.89. The maximum atomic E-state index is 12.8. The SMILES string of the molecule is Cc1ccc(S(=O)(=O)N2CCC(Nc3ccc([N+](=O)[O-])cc3[N+](=O)[O-])CC2)cc1. The van der Waals surface area contributed by atoms with E-state index in [0.717, 1.165) is 11.6 Å². The van der Waals surface area contributed by atoms with E-state index in [0.29, 0.717) is 12.8 Å². The second-order valence-electron chi connectivity index (χ2n) is 6.85. The molecule has 10 nitrogen and oxygen atoms in total. The van der Waals surface area contributed by atoms with E-state index in [4.69, 9.17) is 0 Å². The molecule has 1 aliphatic heterocycles. The molecule has 1 saturated heterocycles. The van der Waals surface area contributed by atoms with E-state index in [1.165, 1.54) is 16.4 Å². The van der Waals surface area contributed by atoms with E-state index in [9.17, 15) is 28.6 Å². The number of aryl methyl sites for hydroxylation is 1. The summed E-state index contributed by atoms with van der Waals surface area (Å²) in [7, 11) is -3.59. The first-order chi connectivity index (χ1) is 13.7. The Labute approximate surface area is 167 Å². The molecule has 0 unspecified atom stereocenters. The van der Waals surface area contributed by atoms with Gasteiger partial charge in [-0.15, -0.1) is 0 Å². The Bertz CT molecular complexity index is 1030. The van der Waals surface area contributed by atoms with Crippen LogP contribution in [0.3, 0.4) is 0 Å². The number of hydrogen-bond donors (Lipinski definition) is 1. The van der Waals surface area contributed by atoms with E-state index < -0.39 is 19.9 Å². The van der Waals surface area contributed by atoms with Crippen LogP contribution in [0.25, 0.3) is 0 Å². The van der Waals surface area contributed by atoms with Gasteiger partial charge < -0.3 is 5.32 Å². The van der Waals surface area contributed by atoms with Crippen LogP contribution in [0.4, 0.5) is 17.1 Å². The van der Waals surface area contributed by atoms with Crippen molar-refractivity contribution in [1.82, 2.24) is 4.31 Å². The summed E-state index contributed by atoms with van der Waals surface area (Å²) >= 11 is 0. The molecule has 0 atom stereocenters. The Balaban J connectivity index is 1.69. The van der Waals surface area contributed by atoms with E-state index in [1.54, 1.807) is 24.3 Å². The van der Waals surface area contributed by atoms with Gasteiger partial charge in [0.2, 0.25) is 10.0 Å². The minimum atomic E-state index is -3.59. The number of rotatable bonds is 6. The number of hydrogen-bond acceptors (Lipinski definition) is 7. The first kappa shape index (κ1) is 20.7. The van der Waals surface area contributed by atoms with Crippen LogP contribution in [0.5, 0.6) is 0 Å². The van der Waals surface area contributed by atoms with Crippen LogP contribution in [0.2, 0.25) is 0 Å². The first-order valence-corrected chi connectivity index (χ1v) is 10.4. The van der Waals surface area contributed by atoms with Gasteiger partial charge in [0, 0.05) is 25.2 Å². The van der Waals surface area contributed by atoms with Crippen molar-refractivity contribution < 1.29 is 18.3 Å². The number of sulfonamides is 1. The van der Waals surface area contributed by atoms with Crippen LogP contribution in [0.15, 0.2) is 47.4 Å². The molecule has 1 heterocycles. The smallest absolute Gasteiger partial charge is 0.299 e. The van der Waals surface area contributed by atoms with Crippen molar-refractivity contribution in [3.8, 4) is 0 Å². The van der Waals surface area contributed by atoms with Crippen LogP contribution in [0, 0.1) is 27.2 Å². The second-order valence-corrected chi connectivity index (χ2v) is 8.79.